The average molecular weight is 351 g/mol. The number of hydrogen-bond acceptors (Lipinski definition) is 6. The summed E-state index contributed by atoms with van der Waals surface area (Å²) >= 11 is 0. The van der Waals surface area contributed by atoms with Gasteiger partial charge in [0.05, 0.1) is 0 Å². The summed E-state index contributed by atoms with van der Waals surface area (Å²) in [5.41, 5.74) is 3.63. The maximum absolute atomic E-state index is 12.1. The van der Waals surface area contributed by atoms with Crippen molar-refractivity contribution in [2.45, 2.75) is 57.8 Å². The van der Waals surface area contributed by atoms with E-state index < -0.39 is 29.0 Å². The highest BCUT2D eigenvalue weighted by molar-refractivity contribution is 6.03. The molecule has 0 saturated carbocycles. The molecule has 7 heteroatoms. The first-order valence-corrected chi connectivity index (χ1v) is 8.00. The smallest absolute Gasteiger partial charge is 0.338 e. The Balaban J connectivity index is 2.59. The van der Waals surface area contributed by atoms with Crippen molar-refractivity contribution in [1.82, 2.24) is 0 Å². The third-order valence-electron chi connectivity index (χ3n) is 3.33. The normalized spacial score (nSPS) is 13.6. The van der Waals surface area contributed by atoms with Crippen molar-refractivity contribution in [2.24, 2.45) is 5.73 Å². The van der Waals surface area contributed by atoms with Gasteiger partial charge in [0.1, 0.15) is 12.2 Å². The van der Waals surface area contributed by atoms with Gasteiger partial charge in [-0.3, -0.25) is 4.79 Å². The highest BCUT2D eigenvalue weighted by Gasteiger charge is 2.43. The molecule has 0 radical (unpaired) electrons. The molecule has 0 heterocycles. The zero-order chi connectivity index (χ0) is 19.1. The molecule has 0 aliphatic heterocycles. The van der Waals surface area contributed by atoms with Gasteiger partial charge in [-0.2, -0.15) is 0 Å². The van der Waals surface area contributed by atoms with Gasteiger partial charge in [-0.1, -0.05) is 30.3 Å². The number of benzene rings is 1. The van der Waals surface area contributed by atoms with Crippen molar-refractivity contribution in [3.05, 3.63) is 35.9 Å². The van der Waals surface area contributed by atoms with E-state index in [0.29, 0.717) is 0 Å². The minimum Gasteiger partial charge on any atom is -0.479 e. The predicted molar refractivity (Wildman–Crippen MR) is 90.5 cm³/mol. The molecule has 138 valence electrons. The third-order valence-corrected chi connectivity index (χ3v) is 3.33. The Morgan fingerprint density at radius 1 is 1.12 bits per heavy atom. The molecule has 0 bridgehead atoms. The van der Waals surface area contributed by atoms with Crippen LogP contribution in [0.15, 0.2) is 30.3 Å². The van der Waals surface area contributed by atoms with E-state index in [1.807, 2.05) is 6.07 Å². The lowest BCUT2D eigenvalue weighted by atomic mass is 9.94. The summed E-state index contributed by atoms with van der Waals surface area (Å²) in [6.07, 6.45) is -0.164. The Labute approximate surface area is 147 Å². The number of rotatable bonds is 8. The lowest BCUT2D eigenvalue weighted by molar-refractivity contribution is -0.163. The standard InChI is InChI=1S/C18H25NO6/c1-17(2,3)25-14(20)10-7-11-18(19,15(21)22)16(23)24-12-13-8-5-4-6-9-13/h4-6,8-9H,7,10-12,19H2,1-3H3,(H,21,22). The number of carbonyl (C=O) groups is 3. The van der Waals surface area contributed by atoms with Crippen LogP contribution >= 0.6 is 0 Å². The molecular weight excluding hydrogens is 326 g/mol. The van der Waals surface area contributed by atoms with Gasteiger partial charge in [-0.05, 0) is 39.2 Å². The van der Waals surface area contributed by atoms with Crippen LogP contribution in [0, 0.1) is 0 Å². The van der Waals surface area contributed by atoms with Crippen LogP contribution in [0.1, 0.15) is 45.6 Å². The summed E-state index contributed by atoms with van der Waals surface area (Å²) < 4.78 is 10.2. The Kier molecular flexibility index (Phi) is 7.11. The molecule has 0 spiro atoms. The van der Waals surface area contributed by atoms with E-state index in [1.165, 1.54) is 0 Å². The molecule has 0 aromatic heterocycles. The lowest BCUT2D eigenvalue weighted by Gasteiger charge is -2.23. The zero-order valence-corrected chi connectivity index (χ0v) is 14.8. The highest BCUT2D eigenvalue weighted by atomic mass is 16.6. The Morgan fingerprint density at radius 3 is 2.24 bits per heavy atom. The maximum Gasteiger partial charge on any atom is 0.338 e. The maximum atomic E-state index is 12.1. The number of aliphatic carboxylic acids is 1. The largest absolute Gasteiger partial charge is 0.479 e. The van der Waals surface area contributed by atoms with E-state index in [1.54, 1.807) is 45.0 Å². The number of carboxylic acid groups (broad SMARTS) is 1. The molecule has 0 fully saturated rings. The summed E-state index contributed by atoms with van der Waals surface area (Å²) in [5.74, 6) is -3.00. The van der Waals surface area contributed by atoms with Gasteiger partial charge < -0.3 is 20.3 Å². The van der Waals surface area contributed by atoms with Crippen molar-refractivity contribution in [2.75, 3.05) is 0 Å². The van der Waals surface area contributed by atoms with E-state index in [0.717, 1.165) is 5.56 Å². The number of esters is 2. The lowest BCUT2D eigenvalue weighted by Crippen LogP contribution is -2.55. The molecule has 0 amide bonds. The predicted octanol–water partition coefficient (Wildman–Crippen LogP) is 2.02. The molecule has 0 aliphatic rings. The molecular formula is C18H25NO6. The number of nitrogens with two attached hydrogens (primary N) is 1. The van der Waals surface area contributed by atoms with E-state index in [-0.39, 0.29) is 25.9 Å². The molecule has 25 heavy (non-hydrogen) atoms. The number of ether oxygens (including phenoxy) is 2. The topological polar surface area (TPSA) is 116 Å². The fourth-order valence-electron chi connectivity index (χ4n) is 2.05. The third kappa shape index (κ3) is 6.93. The summed E-state index contributed by atoms with van der Waals surface area (Å²) in [5, 5.41) is 9.31. The van der Waals surface area contributed by atoms with Crippen molar-refractivity contribution in [1.29, 1.82) is 0 Å². The molecule has 0 saturated heterocycles. The van der Waals surface area contributed by atoms with Gasteiger partial charge in [0.2, 0.25) is 5.54 Å². The highest BCUT2D eigenvalue weighted by Crippen LogP contribution is 2.17. The molecule has 7 nitrogen and oxygen atoms in total. The van der Waals surface area contributed by atoms with Crippen LogP contribution in [0.3, 0.4) is 0 Å². The molecule has 1 aromatic rings. The van der Waals surface area contributed by atoms with Gasteiger partial charge in [-0.15, -0.1) is 0 Å². The fraction of sp³-hybridized carbons (Fsp3) is 0.500. The number of hydrogen-bond donors (Lipinski definition) is 2. The van der Waals surface area contributed by atoms with Crippen molar-refractivity contribution in [3.63, 3.8) is 0 Å². The summed E-state index contributed by atoms with van der Waals surface area (Å²) in [6, 6.07) is 8.85. The number of carboxylic acids is 1. The summed E-state index contributed by atoms with van der Waals surface area (Å²) in [7, 11) is 0. The van der Waals surface area contributed by atoms with Gasteiger partial charge in [0, 0.05) is 6.42 Å². The molecule has 1 aromatic carbocycles. The average Bonchev–Trinajstić information content (AvgIpc) is 2.51. The van der Waals surface area contributed by atoms with Gasteiger partial charge in [-0.25, -0.2) is 9.59 Å². The van der Waals surface area contributed by atoms with E-state index in [2.05, 4.69) is 0 Å². The second-order valence-corrected chi connectivity index (χ2v) is 6.78. The van der Waals surface area contributed by atoms with Crippen molar-refractivity contribution in [3.8, 4) is 0 Å². The van der Waals surface area contributed by atoms with Gasteiger partial charge >= 0.3 is 17.9 Å². The minimum absolute atomic E-state index is 0.0323. The van der Waals surface area contributed by atoms with Crippen LogP contribution in [0.4, 0.5) is 0 Å². The van der Waals surface area contributed by atoms with E-state index in [4.69, 9.17) is 15.2 Å². The van der Waals surface area contributed by atoms with E-state index in [9.17, 15) is 19.5 Å². The summed E-state index contributed by atoms with van der Waals surface area (Å²) in [4.78, 5) is 35.2. The quantitative estimate of drug-likeness (QED) is 0.543. The zero-order valence-electron chi connectivity index (χ0n) is 14.8. The monoisotopic (exact) mass is 351 g/mol. The van der Waals surface area contributed by atoms with Crippen LogP contribution in [0.5, 0.6) is 0 Å². The molecule has 0 aliphatic carbocycles. The first-order valence-electron chi connectivity index (χ1n) is 8.00. The second kappa shape index (κ2) is 8.62. The number of carbonyl (C=O) groups excluding carboxylic acids is 2. The van der Waals surface area contributed by atoms with Crippen LogP contribution in [-0.4, -0.2) is 34.2 Å². The molecule has 1 atom stereocenters. The SMILES string of the molecule is CC(C)(C)OC(=O)CCCC(N)(C(=O)O)C(=O)OCc1ccccc1. The van der Waals surface area contributed by atoms with Crippen LogP contribution in [-0.2, 0) is 30.5 Å². The van der Waals surface area contributed by atoms with Gasteiger partial charge in [0.15, 0.2) is 0 Å². The van der Waals surface area contributed by atoms with Crippen LogP contribution < -0.4 is 5.73 Å². The molecule has 3 N–H and O–H groups in total. The first-order chi connectivity index (χ1) is 11.5. The van der Waals surface area contributed by atoms with Gasteiger partial charge in [0.25, 0.3) is 0 Å². The summed E-state index contributed by atoms with van der Waals surface area (Å²) in [6.45, 7) is 5.13. The first kappa shape index (κ1) is 20.6. The van der Waals surface area contributed by atoms with Crippen molar-refractivity contribution >= 4 is 17.9 Å². The Morgan fingerprint density at radius 2 is 1.72 bits per heavy atom. The fourth-order valence-corrected chi connectivity index (χ4v) is 2.05. The van der Waals surface area contributed by atoms with Crippen LogP contribution in [0.25, 0.3) is 0 Å². The van der Waals surface area contributed by atoms with Crippen LogP contribution in [0.2, 0.25) is 0 Å². The second-order valence-electron chi connectivity index (χ2n) is 6.78. The minimum atomic E-state index is -2.20. The Bertz CT molecular complexity index is 608. The van der Waals surface area contributed by atoms with E-state index >= 15 is 0 Å². The molecule has 1 rings (SSSR count). The molecule has 1 unspecified atom stereocenters. The van der Waals surface area contributed by atoms with Crippen molar-refractivity contribution < 1.29 is 29.0 Å². The Hall–Kier alpha value is -2.41.